The van der Waals surface area contributed by atoms with Gasteiger partial charge < -0.3 is 9.26 Å². The molecule has 0 radical (unpaired) electrons. The van der Waals surface area contributed by atoms with Crippen molar-refractivity contribution in [1.29, 1.82) is 0 Å². The maximum Gasteiger partial charge on any atom is 0.240 e. The van der Waals surface area contributed by atoms with E-state index in [-0.39, 0.29) is 5.60 Å². The summed E-state index contributed by atoms with van der Waals surface area (Å²) in [5.41, 5.74) is 1.13. The van der Waals surface area contributed by atoms with Crippen LogP contribution < -0.4 is 0 Å². The molecule has 5 heteroatoms. The SMILES string of the molecule is CCC1(C)CN(Cc2nc(Cc3ccccc3)no2)CCO1. The molecule has 1 unspecified atom stereocenters. The zero-order valence-corrected chi connectivity index (χ0v) is 13.3. The van der Waals surface area contributed by atoms with Crippen molar-refractivity contribution in [2.24, 2.45) is 0 Å². The number of rotatable bonds is 5. The van der Waals surface area contributed by atoms with Crippen molar-refractivity contribution in [2.75, 3.05) is 19.7 Å². The Balaban J connectivity index is 1.60. The summed E-state index contributed by atoms with van der Waals surface area (Å²) >= 11 is 0. The Morgan fingerprint density at radius 1 is 1.27 bits per heavy atom. The fourth-order valence-electron chi connectivity index (χ4n) is 2.76. The number of aromatic nitrogens is 2. The molecule has 118 valence electrons. The predicted molar refractivity (Wildman–Crippen MR) is 83.5 cm³/mol. The van der Waals surface area contributed by atoms with Gasteiger partial charge in [0.1, 0.15) is 0 Å². The van der Waals surface area contributed by atoms with Gasteiger partial charge in [0, 0.05) is 19.5 Å². The van der Waals surface area contributed by atoms with Gasteiger partial charge in [-0.3, -0.25) is 4.90 Å². The number of hydrogen-bond donors (Lipinski definition) is 0. The molecule has 1 aromatic heterocycles. The second-order valence-corrected chi connectivity index (χ2v) is 6.13. The summed E-state index contributed by atoms with van der Waals surface area (Å²) < 4.78 is 11.3. The minimum absolute atomic E-state index is 0.0643. The quantitative estimate of drug-likeness (QED) is 0.850. The lowest BCUT2D eigenvalue weighted by Crippen LogP contribution is -2.49. The molecule has 1 aliphatic heterocycles. The van der Waals surface area contributed by atoms with E-state index in [1.165, 1.54) is 5.56 Å². The maximum absolute atomic E-state index is 5.86. The molecule has 1 atom stereocenters. The van der Waals surface area contributed by atoms with Crippen molar-refractivity contribution in [2.45, 2.75) is 38.8 Å². The zero-order chi connectivity index (χ0) is 15.4. The summed E-state index contributed by atoms with van der Waals surface area (Å²) in [5, 5.41) is 4.09. The first-order valence-corrected chi connectivity index (χ1v) is 7.88. The van der Waals surface area contributed by atoms with Crippen LogP contribution in [0.15, 0.2) is 34.9 Å². The van der Waals surface area contributed by atoms with E-state index in [1.54, 1.807) is 0 Å². The summed E-state index contributed by atoms with van der Waals surface area (Å²) in [4.78, 5) is 6.84. The highest BCUT2D eigenvalue weighted by Crippen LogP contribution is 2.22. The normalized spacial score (nSPS) is 22.8. The van der Waals surface area contributed by atoms with E-state index in [0.717, 1.165) is 31.9 Å². The van der Waals surface area contributed by atoms with Crippen LogP contribution in [0.25, 0.3) is 0 Å². The van der Waals surface area contributed by atoms with Crippen molar-refractivity contribution < 1.29 is 9.26 Å². The van der Waals surface area contributed by atoms with E-state index in [0.29, 0.717) is 18.9 Å². The first-order valence-electron chi connectivity index (χ1n) is 7.88. The van der Waals surface area contributed by atoms with E-state index in [4.69, 9.17) is 9.26 Å². The van der Waals surface area contributed by atoms with Crippen LogP contribution in [0, 0.1) is 0 Å². The van der Waals surface area contributed by atoms with Gasteiger partial charge in [-0.05, 0) is 18.9 Å². The van der Waals surface area contributed by atoms with Gasteiger partial charge in [0.2, 0.25) is 5.89 Å². The third kappa shape index (κ3) is 3.72. The Kier molecular flexibility index (Phi) is 4.55. The Morgan fingerprint density at radius 2 is 2.09 bits per heavy atom. The zero-order valence-electron chi connectivity index (χ0n) is 13.3. The number of nitrogens with zero attached hydrogens (tertiary/aromatic N) is 3. The fraction of sp³-hybridized carbons (Fsp3) is 0.529. The second-order valence-electron chi connectivity index (χ2n) is 6.13. The monoisotopic (exact) mass is 301 g/mol. The Morgan fingerprint density at radius 3 is 2.86 bits per heavy atom. The third-order valence-corrected chi connectivity index (χ3v) is 4.24. The van der Waals surface area contributed by atoms with E-state index in [2.05, 4.69) is 41.0 Å². The summed E-state index contributed by atoms with van der Waals surface area (Å²) in [6, 6.07) is 10.2. The van der Waals surface area contributed by atoms with Crippen molar-refractivity contribution in [3.63, 3.8) is 0 Å². The summed E-state index contributed by atoms with van der Waals surface area (Å²) in [6.07, 6.45) is 1.71. The smallest absolute Gasteiger partial charge is 0.240 e. The van der Waals surface area contributed by atoms with Gasteiger partial charge in [-0.2, -0.15) is 4.98 Å². The van der Waals surface area contributed by atoms with Crippen LogP contribution in [0.1, 0.15) is 37.5 Å². The number of hydrogen-bond acceptors (Lipinski definition) is 5. The molecule has 1 aliphatic rings. The van der Waals surface area contributed by atoms with Gasteiger partial charge in [0.25, 0.3) is 0 Å². The number of morpholine rings is 1. The second kappa shape index (κ2) is 6.58. The van der Waals surface area contributed by atoms with E-state index in [9.17, 15) is 0 Å². The van der Waals surface area contributed by atoms with E-state index < -0.39 is 0 Å². The lowest BCUT2D eigenvalue weighted by atomic mass is 10.0. The van der Waals surface area contributed by atoms with Crippen LogP contribution in [0.3, 0.4) is 0 Å². The molecule has 0 bridgehead atoms. The number of benzene rings is 1. The lowest BCUT2D eigenvalue weighted by Gasteiger charge is -2.39. The van der Waals surface area contributed by atoms with Crippen LogP contribution in [0.5, 0.6) is 0 Å². The van der Waals surface area contributed by atoms with Gasteiger partial charge in [-0.1, -0.05) is 42.4 Å². The van der Waals surface area contributed by atoms with Gasteiger partial charge >= 0.3 is 0 Å². The molecule has 22 heavy (non-hydrogen) atoms. The van der Waals surface area contributed by atoms with Crippen LogP contribution in [-0.4, -0.2) is 40.3 Å². The lowest BCUT2D eigenvalue weighted by molar-refractivity contribution is -0.103. The Hall–Kier alpha value is -1.72. The first-order chi connectivity index (χ1) is 10.7. The average molecular weight is 301 g/mol. The minimum atomic E-state index is -0.0643. The molecule has 5 nitrogen and oxygen atoms in total. The van der Waals surface area contributed by atoms with E-state index >= 15 is 0 Å². The Labute approximate surface area is 131 Å². The molecule has 3 rings (SSSR count). The van der Waals surface area contributed by atoms with Crippen molar-refractivity contribution in [3.05, 3.63) is 47.6 Å². The standard InChI is InChI=1S/C17H23N3O2/c1-3-17(2)13-20(9-10-21-17)12-16-18-15(19-22-16)11-14-7-5-4-6-8-14/h4-8H,3,9-13H2,1-2H3. The molecule has 0 spiro atoms. The fourth-order valence-corrected chi connectivity index (χ4v) is 2.76. The maximum atomic E-state index is 5.86. The average Bonchev–Trinajstić information content (AvgIpc) is 2.95. The molecule has 0 aliphatic carbocycles. The molecule has 1 saturated heterocycles. The molecular weight excluding hydrogens is 278 g/mol. The third-order valence-electron chi connectivity index (χ3n) is 4.24. The van der Waals surface area contributed by atoms with Crippen LogP contribution in [0.2, 0.25) is 0 Å². The molecule has 2 heterocycles. The molecule has 1 aromatic carbocycles. The molecule has 0 amide bonds. The topological polar surface area (TPSA) is 51.4 Å². The molecule has 0 saturated carbocycles. The van der Waals surface area contributed by atoms with Gasteiger partial charge in [-0.25, -0.2) is 0 Å². The van der Waals surface area contributed by atoms with Crippen molar-refractivity contribution >= 4 is 0 Å². The highest BCUT2D eigenvalue weighted by Gasteiger charge is 2.30. The van der Waals surface area contributed by atoms with Gasteiger partial charge in [-0.15, -0.1) is 0 Å². The van der Waals surface area contributed by atoms with E-state index in [1.807, 2.05) is 18.2 Å². The molecule has 2 aromatic rings. The highest BCUT2D eigenvalue weighted by atomic mass is 16.5. The highest BCUT2D eigenvalue weighted by molar-refractivity contribution is 5.18. The van der Waals surface area contributed by atoms with Gasteiger partial charge in [0.05, 0.1) is 18.8 Å². The summed E-state index contributed by atoms with van der Waals surface area (Å²) in [7, 11) is 0. The minimum Gasteiger partial charge on any atom is -0.373 e. The van der Waals surface area contributed by atoms with Crippen LogP contribution in [-0.2, 0) is 17.7 Å². The first kappa shape index (κ1) is 15.2. The number of ether oxygens (including phenoxy) is 1. The molecule has 1 fully saturated rings. The van der Waals surface area contributed by atoms with Crippen molar-refractivity contribution in [1.82, 2.24) is 15.0 Å². The molecular formula is C17H23N3O2. The largest absolute Gasteiger partial charge is 0.373 e. The van der Waals surface area contributed by atoms with Gasteiger partial charge in [0.15, 0.2) is 5.82 Å². The molecule has 0 N–H and O–H groups in total. The van der Waals surface area contributed by atoms with Crippen molar-refractivity contribution in [3.8, 4) is 0 Å². The summed E-state index contributed by atoms with van der Waals surface area (Å²) in [6.45, 7) is 7.59. The summed E-state index contributed by atoms with van der Waals surface area (Å²) in [5.74, 6) is 1.43. The van der Waals surface area contributed by atoms with Crippen LogP contribution >= 0.6 is 0 Å². The van der Waals surface area contributed by atoms with Crippen LogP contribution in [0.4, 0.5) is 0 Å². The predicted octanol–water partition coefficient (Wildman–Crippen LogP) is 2.66. The Bertz CT molecular complexity index is 599.